The van der Waals surface area contributed by atoms with Crippen LogP contribution in [0.2, 0.25) is 0 Å². The Morgan fingerprint density at radius 3 is 2.33 bits per heavy atom. The molecule has 1 saturated heterocycles. The highest BCUT2D eigenvalue weighted by atomic mass is 16.5. The zero-order valence-electron chi connectivity index (χ0n) is 11.5. The molecule has 1 rings (SSSR count). The summed E-state index contributed by atoms with van der Waals surface area (Å²) < 4.78 is 4.91. The second-order valence-corrected chi connectivity index (χ2v) is 4.84. The van der Waals surface area contributed by atoms with Gasteiger partial charge in [0.25, 0.3) is 5.91 Å². The lowest BCUT2D eigenvalue weighted by Crippen LogP contribution is -2.45. The number of hydrogen-bond donors (Lipinski definition) is 0. The average Bonchev–Trinajstić information content (AvgIpc) is 2.35. The van der Waals surface area contributed by atoms with Crippen LogP contribution in [0.15, 0.2) is 0 Å². The van der Waals surface area contributed by atoms with E-state index in [1.807, 2.05) is 0 Å². The minimum absolute atomic E-state index is 0.158. The molecule has 0 aromatic heterocycles. The molecule has 104 valence electrons. The van der Waals surface area contributed by atoms with Gasteiger partial charge in [0.15, 0.2) is 6.61 Å². The molecule has 0 aromatic carbocycles. The zero-order valence-corrected chi connectivity index (χ0v) is 11.5. The first-order valence-electron chi connectivity index (χ1n) is 6.25. The van der Waals surface area contributed by atoms with Gasteiger partial charge in [-0.05, 0) is 7.05 Å². The Balaban J connectivity index is 2.12. The molecular formula is C12H23N3O3. The summed E-state index contributed by atoms with van der Waals surface area (Å²) in [5, 5.41) is 0. The summed E-state index contributed by atoms with van der Waals surface area (Å²) in [6.07, 6.45) is 0.352. The molecule has 0 bridgehead atoms. The number of amides is 1. The fraction of sp³-hybridized carbons (Fsp3) is 0.833. The van der Waals surface area contributed by atoms with Crippen molar-refractivity contribution in [2.75, 3.05) is 60.5 Å². The van der Waals surface area contributed by atoms with E-state index in [0.29, 0.717) is 13.0 Å². The van der Waals surface area contributed by atoms with E-state index in [1.165, 1.54) is 4.90 Å². The topological polar surface area (TPSA) is 53.1 Å². The van der Waals surface area contributed by atoms with E-state index in [9.17, 15) is 9.59 Å². The Bertz CT molecular complexity index is 286. The van der Waals surface area contributed by atoms with Gasteiger partial charge >= 0.3 is 5.97 Å². The van der Waals surface area contributed by atoms with Crippen LogP contribution in [-0.2, 0) is 14.3 Å². The van der Waals surface area contributed by atoms with E-state index in [2.05, 4.69) is 16.8 Å². The van der Waals surface area contributed by atoms with E-state index in [-0.39, 0.29) is 18.5 Å². The first-order chi connectivity index (χ1) is 8.49. The minimum atomic E-state index is -0.302. The van der Waals surface area contributed by atoms with Crippen molar-refractivity contribution in [2.24, 2.45) is 0 Å². The molecule has 0 unspecified atom stereocenters. The Labute approximate surface area is 108 Å². The van der Waals surface area contributed by atoms with Crippen LogP contribution in [0.3, 0.4) is 0 Å². The maximum atomic E-state index is 11.4. The standard InChI is InChI=1S/C12H23N3O3/c1-13(2)11(16)10-18-12(17)4-5-15-8-6-14(3)7-9-15/h4-10H2,1-3H3. The molecule has 0 spiro atoms. The van der Waals surface area contributed by atoms with Gasteiger partial charge in [0.2, 0.25) is 0 Å². The van der Waals surface area contributed by atoms with Gasteiger partial charge in [-0.25, -0.2) is 0 Å². The molecule has 0 atom stereocenters. The van der Waals surface area contributed by atoms with Crippen molar-refractivity contribution in [1.29, 1.82) is 0 Å². The Morgan fingerprint density at radius 2 is 1.78 bits per heavy atom. The van der Waals surface area contributed by atoms with E-state index < -0.39 is 0 Å². The van der Waals surface area contributed by atoms with Crippen LogP contribution in [0.1, 0.15) is 6.42 Å². The Morgan fingerprint density at radius 1 is 1.17 bits per heavy atom. The van der Waals surface area contributed by atoms with Crippen LogP contribution in [-0.4, -0.2) is 87.0 Å². The van der Waals surface area contributed by atoms with Crippen molar-refractivity contribution in [3.8, 4) is 0 Å². The third-order valence-corrected chi connectivity index (χ3v) is 3.08. The van der Waals surface area contributed by atoms with Crippen LogP contribution in [0.25, 0.3) is 0 Å². The van der Waals surface area contributed by atoms with Gasteiger partial charge in [0, 0.05) is 46.8 Å². The van der Waals surface area contributed by atoms with Gasteiger partial charge in [-0.2, -0.15) is 0 Å². The lowest BCUT2D eigenvalue weighted by Gasteiger charge is -2.31. The van der Waals surface area contributed by atoms with Crippen molar-refractivity contribution in [2.45, 2.75) is 6.42 Å². The normalized spacial score (nSPS) is 17.5. The van der Waals surface area contributed by atoms with E-state index in [0.717, 1.165) is 26.2 Å². The molecule has 1 aliphatic rings. The SMILES string of the molecule is CN1CCN(CCC(=O)OCC(=O)N(C)C)CC1. The fourth-order valence-corrected chi connectivity index (χ4v) is 1.66. The molecule has 6 heteroatoms. The van der Waals surface area contributed by atoms with Crippen LogP contribution >= 0.6 is 0 Å². The molecule has 0 aliphatic carbocycles. The van der Waals surface area contributed by atoms with Crippen molar-refractivity contribution in [3.63, 3.8) is 0 Å². The van der Waals surface area contributed by atoms with Gasteiger partial charge in [-0.1, -0.05) is 0 Å². The molecule has 1 amide bonds. The lowest BCUT2D eigenvalue weighted by atomic mass is 10.3. The number of rotatable bonds is 5. The second kappa shape index (κ2) is 7.33. The summed E-state index contributed by atoms with van der Waals surface area (Å²) in [5.74, 6) is -0.493. The van der Waals surface area contributed by atoms with Gasteiger partial charge in [-0.15, -0.1) is 0 Å². The third kappa shape index (κ3) is 5.46. The number of nitrogens with zero attached hydrogens (tertiary/aromatic N) is 3. The van der Waals surface area contributed by atoms with Crippen LogP contribution < -0.4 is 0 Å². The smallest absolute Gasteiger partial charge is 0.307 e. The molecule has 1 fully saturated rings. The molecular weight excluding hydrogens is 234 g/mol. The number of likely N-dealkylation sites (N-methyl/N-ethyl adjacent to an activating group) is 2. The summed E-state index contributed by atoms with van der Waals surface area (Å²) in [6, 6.07) is 0. The zero-order chi connectivity index (χ0) is 13.5. The van der Waals surface area contributed by atoms with Gasteiger partial charge in [0.05, 0.1) is 6.42 Å². The molecule has 0 N–H and O–H groups in total. The second-order valence-electron chi connectivity index (χ2n) is 4.84. The average molecular weight is 257 g/mol. The Hall–Kier alpha value is -1.14. The highest BCUT2D eigenvalue weighted by Crippen LogP contribution is 2.00. The third-order valence-electron chi connectivity index (χ3n) is 3.08. The quantitative estimate of drug-likeness (QED) is 0.607. The van der Waals surface area contributed by atoms with Crippen molar-refractivity contribution < 1.29 is 14.3 Å². The first kappa shape index (κ1) is 14.9. The van der Waals surface area contributed by atoms with E-state index >= 15 is 0 Å². The minimum Gasteiger partial charge on any atom is -0.456 e. The van der Waals surface area contributed by atoms with Gasteiger partial charge in [0.1, 0.15) is 0 Å². The summed E-state index contributed by atoms with van der Waals surface area (Å²) >= 11 is 0. The molecule has 0 radical (unpaired) electrons. The van der Waals surface area contributed by atoms with Crippen molar-refractivity contribution in [1.82, 2.24) is 14.7 Å². The number of piperazine rings is 1. The molecule has 6 nitrogen and oxygen atoms in total. The molecule has 0 saturated carbocycles. The summed E-state index contributed by atoms with van der Waals surface area (Å²) in [5.41, 5.74) is 0. The first-order valence-corrected chi connectivity index (χ1v) is 6.25. The monoisotopic (exact) mass is 257 g/mol. The lowest BCUT2D eigenvalue weighted by molar-refractivity contribution is -0.151. The molecule has 1 heterocycles. The van der Waals surface area contributed by atoms with Gasteiger partial charge < -0.3 is 19.4 Å². The highest BCUT2D eigenvalue weighted by molar-refractivity contribution is 5.80. The van der Waals surface area contributed by atoms with Crippen molar-refractivity contribution in [3.05, 3.63) is 0 Å². The number of carbonyl (C=O) groups is 2. The van der Waals surface area contributed by atoms with E-state index in [1.54, 1.807) is 14.1 Å². The van der Waals surface area contributed by atoms with Crippen LogP contribution in [0.4, 0.5) is 0 Å². The van der Waals surface area contributed by atoms with Crippen molar-refractivity contribution >= 4 is 11.9 Å². The molecule has 0 aromatic rings. The maximum absolute atomic E-state index is 11.4. The fourth-order valence-electron chi connectivity index (χ4n) is 1.66. The number of esters is 1. The largest absolute Gasteiger partial charge is 0.456 e. The number of carbonyl (C=O) groups excluding carboxylic acids is 2. The van der Waals surface area contributed by atoms with Gasteiger partial charge in [-0.3, -0.25) is 9.59 Å². The van der Waals surface area contributed by atoms with Crippen LogP contribution in [0, 0.1) is 0 Å². The molecule has 18 heavy (non-hydrogen) atoms. The summed E-state index contributed by atoms with van der Waals surface area (Å²) in [7, 11) is 5.37. The maximum Gasteiger partial charge on any atom is 0.307 e. The van der Waals surface area contributed by atoms with E-state index in [4.69, 9.17) is 4.74 Å². The summed E-state index contributed by atoms with van der Waals surface area (Å²) in [6.45, 7) is 4.60. The predicted molar refractivity (Wildman–Crippen MR) is 68.2 cm³/mol. The highest BCUT2D eigenvalue weighted by Gasteiger charge is 2.15. The number of ether oxygens (including phenoxy) is 1. The molecule has 1 aliphatic heterocycles. The van der Waals surface area contributed by atoms with Crippen LogP contribution in [0.5, 0.6) is 0 Å². The Kier molecular flexibility index (Phi) is 6.07. The number of hydrogen-bond acceptors (Lipinski definition) is 5. The summed E-state index contributed by atoms with van der Waals surface area (Å²) in [4.78, 5) is 28.6. The predicted octanol–water partition coefficient (Wildman–Crippen LogP) is -0.745.